The van der Waals surface area contributed by atoms with Gasteiger partial charge in [-0.3, -0.25) is 4.79 Å². The first-order valence-electron chi connectivity index (χ1n) is 8.93. The molecular weight excluding hydrogens is 276 g/mol. The Kier molecular flexibility index (Phi) is 3.16. The van der Waals surface area contributed by atoms with Gasteiger partial charge in [0.05, 0.1) is 12.2 Å². The summed E-state index contributed by atoms with van der Waals surface area (Å²) in [4.78, 5) is 11.8. The van der Waals surface area contributed by atoms with Crippen LogP contribution in [0.4, 0.5) is 0 Å². The van der Waals surface area contributed by atoms with Crippen molar-refractivity contribution in [3.05, 3.63) is 11.6 Å². The first-order valence-corrected chi connectivity index (χ1v) is 8.93. The van der Waals surface area contributed by atoms with E-state index in [2.05, 4.69) is 19.9 Å². The molecular formula is C19H28O3. The summed E-state index contributed by atoms with van der Waals surface area (Å²) in [7, 11) is 0. The molecule has 122 valence electrons. The molecule has 0 saturated heterocycles. The Morgan fingerprint density at radius 3 is 2.77 bits per heavy atom. The van der Waals surface area contributed by atoms with E-state index in [9.17, 15) is 15.0 Å². The first-order chi connectivity index (χ1) is 10.4. The summed E-state index contributed by atoms with van der Waals surface area (Å²) in [5.74, 6) is 1.61. The predicted molar refractivity (Wildman–Crippen MR) is 84.1 cm³/mol. The third kappa shape index (κ3) is 1.78. The Balaban J connectivity index is 1.74. The molecule has 3 saturated carbocycles. The first kappa shape index (κ1) is 14.9. The summed E-state index contributed by atoms with van der Waals surface area (Å²) >= 11 is 0. The van der Waals surface area contributed by atoms with Gasteiger partial charge in [-0.2, -0.15) is 0 Å². The highest BCUT2D eigenvalue weighted by atomic mass is 16.3. The second kappa shape index (κ2) is 4.67. The highest BCUT2D eigenvalue weighted by Gasteiger charge is 2.61. The van der Waals surface area contributed by atoms with E-state index in [1.165, 1.54) is 5.57 Å². The lowest BCUT2D eigenvalue weighted by Crippen LogP contribution is -2.56. The topological polar surface area (TPSA) is 57.5 Å². The molecule has 3 fully saturated rings. The predicted octanol–water partition coefficient (Wildman–Crippen LogP) is 2.85. The van der Waals surface area contributed by atoms with Crippen molar-refractivity contribution in [1.29, 1.82) is 0 Å². The van der Waals surface area contributed by atoms with Crippen LogP contribution in [0, 0.1) is 28.6 Å². The van der Waals surface area contributed by atoms with E-state index in [4.69, 9.17) is 0 Å². The average molecular weight is 304 g/mol. The minimum atomic E-state index is -0.346. The SMILES string of the molecule is C[C@]12C[C@H](O)[C@H]3[C@@H](CC=C4CC(=O)CC[C@@]43C)[C@@H]1CC[C@@H]2O. The fourth-order valence-electron chi connectivity index (χ4n) is 6.58. The maximum absolute atomic E-state index is 11.8. The van der Waals surface area contributed by atoms with E-state index in [0.29, 0.717) is 30.5 Å². The molecule has 4 aliphatic carbocycles. The maximum atomic E-state index is 11.8. The van der Waals surface area contributed by atoms with Crippen LogP contribution in [0.5, 0.6) is 0 Å². The highest BCUT2D eigenvalue weighted by molar-refractivity contribution is 5.82. The molecule has 0 spiro atoms. The Morgan fingerprint density at radius 2 is 2.00 bits per heavy atom. The number of fused-ring (bicyclic) bond motifs is 5. The molecule has 7 atom stereocenters. The number of carbonyl (C=O) groups excluding carboxylic acids is 1. The molecule has 0 radical (unpaired) electrons. The molecule has 0 amide bonds. The van der Waals surface area contributed by atoms with Gasteiger partial charge < -0.3 is 10.2 Å². The Morgan fingerprint density at radius 1 is 1.23 bits per heavy atom. The third-order valence-corrected chi connectivity index (χ3v) is 7.82. The number of rotatable bonds is 0. The summed E-state index contributed by atoms with van der Waals surface area (Å²) in [6.07, 6.45) is 7.51. The Hall–Kier alpha value is -0.670. The lowest BCUT2D eigenvalue weighted by Gasteiger charge is -2.58. The molecule has 0 aromatic carbocycles. The zero-order valence-electron chi connectivity index (χ0n) is 13.7. The number of aliphatic hydroxyl groups excluding tert-OH is 2. The van der Waals surface area contributed by atoms with E-state index in [0.717, 1.165) is 32.1 Å². The molecule has 0 aliphatic heterocycles. The van der Waals surface area contributed by atoms with Gasteiger partial charge in [-0.15, -0.1) is 0 Å². The van der Waals surface area contributed by atoms with Gasteiger partial charge in [0, 0.05) is 12.8 Å². The van der Waals surface area contributed by atoms with Crippen LogP contribution in [0.3, 0.4) is 0 Å². The summed E-state index contributed by atoms with van der Waals surface area (Å²) < 4.78 is 0. The van der Waals surface area contributed by atoms with E-state index < -0.39 is 0 Å². The van der Waals surface area contributed by atoms with Gasteiger partial charge in [-0.1, -0.05) is 25.5 Å². The van der Waals surface area contributed by atoms with E-state index in [-0.39, 0.29) is 29.0 Å². The molecule has 0 unspecified atom stereocenters. The van der Waals surface area contributed by atoms with Crippen molar-refractivity contribution in [2.24, 2.45) is 28.6 Å². The van der Waals surface area contributed by atoms with Gasteiger partial charge in [-0.25, -0.2) is 0 Å². The van der Waals surface area contributed by atoms with Gasteiger partial charge in [0.25, 0.3) is 0 Å². The van der Waals surface area contributed by atoms with Gasteiger partial charge in [0.15, 0.2) is 0 Å². The quantitative estimate of drug-likeness (QED) is 0.677. The van der Waals surface area contributed by atoms with Crippen LogP contribution in [0.1, 0.15) is 58.8 Å². The van der Waals surface area contributed by atoms with Crippen molar-refractivity contribution < 1.29 is 15.0 Å². The fourth-order valence-corrected chi connectivity index (χ4v) is 6.58. The number of Topliss-reactive ketones (excluding diaryl/α,β-unsaturated/α-hetero) is 1. The van der Waals surface area contributed by atoms with Gasteiger partial charge in [0.2, 0.25) is 0 Å². The number of hydrogen-bond acceptors (Lipinski definition) is 3. The largest absolute Gasteiger partial charge is 0.393 e. The molecule has 3 heteroatoms. The van der Waals surface area contributed by atoms with Crippen molar-refractivity contribution >= 4 is 5.78 Å². The van der Waals surface area contributed by atoms with E-state index in [1.54, 1.807) is 0 Å². The number of carbonyl (C=O) groups is 1. The van der Waals surface area contributed by atoms with Crippen LogP contribution < -0.4 is 0 Å². The molecule has 3 nitrogen and oxygen atoms in total. The molecule has 2 N–H and O–H groups in total. The minimum absolute atomic E-state index is 0.00881. The Labute approximate surface area is 132 Å². The van der Waals surface area contributed by atoms with Crippen LogP contribution in [-0.2, 0) is 4.79 Å². The van der Waals surface area contributed by atoms with Crippen molar-refractivity contribution in [2.75, 3.05) is 0 Å². The monoisotopic (exact) mass is 304 g/mol. The van der Waals surface area contributed by atoms with Gasteiger partial charge in [0.1, 0.15) is 5.78 Å². The minimum Gasteiger partial charge on any atom is -0.393 e. The van der Waals surface area contributed by atoms with Crippen LogP contribution >= 0.6 is 0 Å². The fraction of sp³-hybridized carbons (Fsp3) is 0.842. The normalized spacial score (nSPS) is 54.3. The third-order valence-electron chi connectivity index (χ3n) is 7.82. The van der Waals surface area contributed by atoms with Crippen molar-refractivity contribution in [2.45, 2.75) is 71.0 Å². The van der Waals surface area contributed by atoms with Gasteiger partial charge in [-0.05, 0) is 60.7 Å². The number of ketones is 1. The maximum Gasteiger partial charge on any atom is 0.136 e. The number of hydrogen-bond donors (Lipinski definition) is 2. The molecule has 22 heavy (non-hydrogen) atoms. The average Bonchev–Trinajstić information content (AvgIpc) is 2.75. The summed E-state index contributed by atoms with van der Waals surface area (Å²) in [6, 6.07) is 0. The molecule has 4 aliphatic rings. The van der Waals surface area contributed by atoms with Crippen molar-refractivity contribution in [1.82, 2.24) is 0 Å². The molecule has 4 rings (SSSR count). The standard InChI is InChI=1S/C19H28O3/c1-18-8-7-12(20)9-11(18)3-4-13-14-5-6-16(22)19(14,2)10-15(21)17(13)18/h3,13-17,21-22H,4-10H2,1-2H3/t13-,14-,15-,16-,17+,18-,19-/m0/s1. The summed E-state index contributed by atoms with van der Waals surface area (Å²) in [6.45, 7) is 4.46. The van der Waals surface area contributed by atoms with Crippen molar-refractivity contribution in [3.63, 3.8) is 0 Å². The van der Waals surface area contributed by atoms with Gasteiger partial charge >= 0.3 is 0 Å². The Bertz CT molecular complexity index is 539. The van der Waals surface area contributed by atoms with E-state index >= 15 is 0 Å². The summed E-state index contributed by atoms with van der Waals surface area (Å²) in [5, 5.41) is 21.4. The summed E-state index contributed by atoms with van der Waals surface area (Å²) in [5.41, 5.74) is 1.16. The number of allylic oxidation sites excluding steroid dienone is 2. The van der Waals surface area contributed by atoms with E-state index in [1.807, 2.05) is 0 Å². The van der Waals surface area contributed by atoms with Crippen LogP contribution in [0.15, 0.2) is 11.6 Å². The molecule has 0 aromatic rings. The molecule has 0 bridgehead atoms. The smallest absolute Gasteiger partial charge is 0.136 e. The van der Waals surface area contributed by atoms with Crippen LogP contribution in [0.25, 0.3) is 0 Å². The van der Waals surface area contributed by atoms with Crippen LogP contribution in [0.2, 0.25) is 0 Å². The zero-order valence-corrected chi connectivity index (χ0v) is 13.7. The zero-order chi connectivity index (χ0) is 15.7. The van der Waals surface area contributed by atoms with Crippen molar-refractivity contribution in [3.8, 4) is 0 Å². The molecule has 0 aromatic heterocycles. The highest BCUT2D eigenvalue weighted by Crippen LogP contribution is 2.64. The lowest BCUT2D eigenvalue weighted by molar-refractivity contribution is -0.139. The second-order valence-electron chi connectivity index (χ2n) is 8.76. The molecule has 0 heterocycles. The van der Waals surface area contributed by atoms with Crippen LogP contribution in [-0.4, -0.2) is 28.2 Å². The lowest BCUT2D eigenvalue weighted by atomic mass is 9.47. The number of aliphatic hydroxyl groups is 2. The second-order valence-corrected chi connectivity index (χ2v) is 8.76.